The molecule has 0 spiro atoms. The minimum atomic E-state index is -0.333. The normalized spacial score (nSPS) is 11.6. The maximum atomic E-state index is 10.9. The number of hydrogen-bond donors (Lipinski definition) is 2. The highest BCUT2D eigenvalue weighted by Gasteiger charge is 1.99. The third kappa shape index (κ3) is 8.91. The second-order valence-corrected chi connectivity index (χ2v) is 4.75. The molecule has 1 aromatic rings. The number of aliphatic hydroxyl groups excluding tert-OH is 1. The Balaban J connectivity index is 0.00000361. The van der Waals surface area contributed by atoms with Gasteiger partial charge in [0.2, 0.25) is 0 Å². The lowest BCUT2D eigenvalue weighted by Crippen LogP contribution is -2.28. The molecule has 4 nitrogen and oxygen atoms in total. The number of carbonyl (C=O) groups is 1. The number of nitrogens with one attached hydrogen (secondary N) is 1. The molecule has 0 aliphatic carbocycles. The van der Waals surface area contributed by atoms with E-state index in [0.29, 0.717) is 26.1 Å². The molecule has 1 rings (SSSR count). The van der Waals surface area contributed by atoms with E-state index < -0.39 is 0 Å². The maximum absolute atomic E-state index is 10.9. The van der Waals surface area contributed by atoms with Gasteiger partial charge in [0.1, 0.15) is 18.1 Å². The van der Waals surface area contributed by atoms with Crippen molar-refractivity contribution >= 4 is 18.2 Å². The summed E-state index contributed by atoms with van der Waals surface area (Å²) >= 11 is 0. The van der Waals surface area contributed by atoms with Crippen molar-refractivity contribution in [2.75, 3.05) is 19.7 Å². The average molecular weight is 302 g/mol. The van der Waals surface area contributed by atoms with Gasteiger partial charge in [-0.25, -0.2) is 0 Å². The monoisotopic (exact) mass is 301 g/mol. The molecule has 0 saturated heterocycles. The van der Waals surface area contributed by atoms with E-state index in [4.69, 9.17) is 9.84 Å². The van der Waals surface area contributed by atoms with Gasteiger partial charge in [-0.05, 0) is 38.0 Å². The van der Waals surface area contributed by atoms with Crippen LogP contribution in [0.15, 0.2) is 24.3 Å². The molecule has 1 aromatic carbocycles. The lowest BCUT2D eigenvalue weighted by Gasteiger charge is -2.09. The number of Topliss-reactive ketones (excluding diaryl/α,β-unsaturated/α-hetero) is 1. The van der Waals surface area contributed by atoms with Crippen molar-refractivity contribution in [3.8, 4) is 5.75 Å². The summed E-state index contributed by atoms with van der Waals surface area (Å²) in [6.07, 6.45) is 1.04. The average Bonchev–Trinajstić information content (AvgIpc) is 2.37. The zero-order chi connectivity index (χ0) is 14.1. The molecule has 20 heavy (non-hydrogen) atoms. The number of ketones is 1. The van der Waals surface area contributed by atoms with Crippen LogP contribution in [0.3, 0.4) is 0 Å². The van der Waals surface area contributed by atoms with Gasteiger partial charge < -0.3 is 20.0 Å². The van der Waals surface area contributed by atoms with Crippen molar-refractivity contribution in [3.05, 3.63) is 29.8 Å². The van der Waals surface area contributed by atoms with Crippen LogP contribution in [0, 0.1) is 0 Å². The molecule has 0 fully saturated rings. The highest BCUT2D eigenvalue weighted by molar-refractivity contribution is 5.85. The summed E-state index contributed by atoms with van der Waals surface area (Å²) < 4.78 is 5.56. The van der Waals surface area contributed by atoms with Gasteiger partial charge in [-0.2, -0.15) is 0 Å². The van der Waals surface area contributed by atoms with Gasteiger partial charge in [0.25, 0.3) is 0 Å². The van der Waals surface area contributed by atoms with E-state index in [1.807, 2.05) is 24.3 Å². The lowest BCUT2D eigenvalue weighted by atomic mass is 10.1. The van der Waals surface area contributed by atoms with Crippen LogP contribution >= 0.6 is 12.4 Å². The van der Waals surface area contributed by atoms with E-state index in [-0.39, 0.29) is 24.3 Å². The Morgan fingerprint density at radius 3 is 2.55 bits per heavy atom. The molecule has 0 aliphatic rings. The Labute approximate surface area is 126 Å². The summed E-state index contributed by atoms with van der Waals surface area (Å²) in [6.45, 7) is 5.20. The third-order valence-corrected chi connectivity index (χ3v) is 2.68. The highest BCUT2D eigenvalue weighted by atomic mass is 35.5. The van der Waals surface area contributed by atoms with Gasteiger partial charge in [-0.3, -0.25) is 0 Å². The summed E-state index contributed by atoms with van der Waals surface area (Å²) in [5, 5.41) is 12.1. The first-order valence-corrected chi connectivity index (χ1v) is 6.68. The summed E-state index contributed by atoms with van der Waals surface area (Å²) in [7, 11) is 0. The number of benzene rings is 1. The first-order chi connectivity index (χ1) is 9.08. The van der Waals surface area contributed by atoms with Gasteiger partial charge in [0.05, 0.1) is 6.10 Å². The van der Waals surface area contributed by atoms with Crippen LogP contribution in [0.1, 0.15) is 25.8 Å². The van der Waals surface area contributed by atoms with E-state index in [1.165, 1.54) is 0 Å². The van der Waals surface area contributed by atoms with E-state index in [1.54, 1.807) is 13.8 Å². The molecule has 0 aromatic heterocycles. The predicted octanol–water partition coefficient (Wildman–Crippen LogP) is 1.98. The molecule has 0 aliphatic heterocycles. The summed E-state index contributed by atoms with van der Waals surface area (Å²) in [6, 6.07) is 7.82. The Kier molecular flexibility index (Phi) is 10.1. The Hall–Kier alpha value is -1.10. The SMILES string of the molecule is CC(=O)CCc1ccc(OCCNCC(C)O)cc1.Cl. The van der Waals surface area contributed by atoms with Crippen LogP contribution in [0.4, 0.5) is 0 Å². The van der Waals surface area contributed by atoms with Gasteiger partial charge in [0.15, 0.2) is 0 Å². The lowest BCUT2D eigenvalue weighted by molar-refractivity contribution is -0.116. The summed E-state index contributed by atoms with van der Waals surface area (Å²) in [5.74, 6) is 1.04. The second kappa shape index (κ2) is 10.7. The van der Waals surface area contributed by atoms with Gasteiger partial charge >= 0.3 is 0 Å². The number of hydrogen-bond acceptors (Lipinski definition) is 4. The van der Waals surface area contributed by atoms with Crippen LogP contribution in [-0.2, 0) is 11.2 Å². The molecule has 0 heterocycles. The number of rotatable bonds is 9. The number of aryl methyl sites for hydroxylation is 1. The molecule has 0 amide bonds. The first kappa shape index (κ1) is 18.9. The van der Waals surface area contributed by atoms with Gasteiger partial charge in [-0.1, -0.05) is 12.1 Å². The Morgan fingerprint density at radius 2 is 2.00 bits per heavy atom. The van der Waals surface area contributed by atoms with Crippen LogP contribution in [0.2, 0.25) is 0 Å². The molecule has 0 radical (unpaired) electrons. The van der Waals surface area contributed by atoms with Crippen LogP contribution < -0.4 is 10.1 Å². The van der Waals surface area contributed by atoms with E-state index >= 15 is 0 Å². The third-order valence-electron chi connectivity index (χ3n) is 2.68. The standard InChI is InChI=1S/C15H23NO3.ClH/c1-12(17)3-4-14-5-7-15(8-6-14)19-10-9-16-11-13(2)18;/h5-8,13,16,18H,3-4,9-11H2,1-2H3;1H. The predicted molar refractivity (Wildman–Crippen MR) is 82.7 cm³/mol. The van der Waals surface area contributed by atoms with Crippen LogP contribution in [0.5, 0.6) is 5.75 Å². The second-order valence-electron chi connectivity index (χ2n) is 4.75. The summed E-state index contributed by atoms with van der Waals surface area (Å²) in [5.41, 5.74) is 1.15. The van der Waals surface area contributed by atoms with Crippen molar-refractivity contribution in [3.63, 3.8) is 0 Å². The smallest absolute Gasteiger partial charge is 0.130 e. The molecular weight excluding hydrogens is 278 g/mol. The molecule has 2 N–H and O–H groups in total. The van der Waals surface area contributed by atoms with E-state index in [2.05, 4.69) is 5.32 Å². The fraction of sp³-hybridized carbons (Fsp3) is 0.533. The van der Waals surface area contributed by atoms with Crippen LogP contribution in [-0.4, -0.2) is 36.7 Å². The van der Waals surface area contributed by atoms with Crippen molar-refractivity contribution in [2.45, 2.75) is 32.8 Å². The zero-order valence-electron chi connectivity index (χ0n) is 12.1. The first-order valence-electron chi connectivity index (χ1n) is 6.68. The molecule has 0 saturated carbocycles. The summed E-state index contributed by atoms with van der Waals surface area (Å²) in [4.78, 5) is 10.9. The van der Waals surface area contributed by atoms with Crippen molar-refractivity contribution < 1.29 is 14.6 Å². The number of carbonyl (C=O) groups excluding carboxylic acids is 1. The van der Waals surface area contributed by atoms with Crippen molar-refractivity contribution in [1.82, 2.24) is 5.32 Å². The quantitative estimate of drug-likeness (QED) is 0.685. The topological polar surface area (TPSA) is 58.6 Å². The fourth-order valence-corrected chi connectivity index (χ4v) is 1.62. The maximum Gasteiger partial charge on any atom is 0.130 e. The minimum absolute atomic E-state index is 0. The van der Waals surface area contributed by atoms with E-state index in [9.17, 15) is 4.79 Å². The zero-order valence-corrected chi connectivity index (χ0v) is 12.9. The van der Waals surface area contributed by atoms with Crippen molar-refractivity contribution in [1.29, 1.82) is 0 Å². The molecule has 5 heteroatoms. The molecule has 0 bridgehead atoms. The van der Waals surface area contributed by atoms with Crippen LogP contribution in [0.25, 0.3) is 0 Å². The van der Waals surface area contributed by atoms with Crippen molar-refractivity contribution in [2.24, 2.45) is 0 Å². The fourth-order valence-electron chi connectivity index (χ4n) is 1.62. The van der Waals surface area contributed by atoms with Gasteiger partial charge in [0, 0.05) is 19.5 Å². The Bertz CT molecular complexity index is 379. The number of ether oxygens (including phenoxy) is 1. The number of aliphatic hydroxyl groups is 1. The minimum Gasteiger partial charge on any atom is -0.492 e. The van der Waals surface area contributed by atoms with E-state index in [0.717, 1.165) is 17.7 Å². The van der Waals surface area contributed by atoms with Gasteiger partial charge in [-0.15, -0.1) is 12.4 Å². The number of halogens is 1. The molecule has 1 unspecified atom stereocenters. The molecule has 1 atom stereocenters. The molecular formula is C15H24ClNO3. The highest BCUT2D eigenvalue weighted by Crippen LogP contribution is 2.13. The molecule has 114 valence electrons. The Morgan fingerprint density at radius 1 is 1.35 bits per heavy atom. The largest absolute Gasteiger partial charge is 0.492 e.